The molecule has 2 atom stereocenters. The summed E-state index contributed by atoms with van der Waals surface area (Å²) in [5, 5.41) is 3.39. The molecule has 1 aromatic heterocycles. The van der Waals surface area contributed by atoms with E-state index in [2.05, 4.69) is 35.4 Å². The molecule has 2 rings (SSSR count). The van der Waals surface area contributed by atoms with Gasteiger partial charge in [0.25, 0.3) is 0 Å². The van der Waals surface area contributed by atoms with E-state index >= 15 is 0 Å². The average molecular weight is 270 g/mol. The van der Waals surface area contributed by atoms with Gasteiger partial charge in [0.1, 0.15) is 5.75 Å². The van der Waals surface area contributed by atoms with Crippen LogP contribution in [0, 0.1) is 0 Å². The number of hydrogen-bond donors (Lipinski definition) is 1. The van der Waals surface area contributed by atoms with E-state index in [-0.39, 0.29) is 6.04 Å². The summed E-state index contributed by atoms with van der Waals surface area (Å²) in [5.74, 6) is 1.22. The van der Waals surface area contributed by atoms with Crippen molar-refractivity contribution in [1.82, 2.24) is 10.3 Å². The maximum atomic E-state index is 5.49. The SMILES string of the molecule is CCOc1ccc(C(NC)C(C)c2ccccn2)cc1. The second-order valence-electron chi connectivity index (χ2n) is 4.81. The molecule has 3 heteroatoms. The van der Waals surface area contributed by atoms with Crippen LogP contribution in [0.2, 0.25) is 0 Å². The highest BCUT2D eigenvalue weighted by Crippen LogP contribution is 2.30. The summed E-state index contributed by atoms with van der Waals surface area (Å²) in [7, 11) is 1.99. The van der Waals surface area contributed by atoms with Crippen LogP contribution in [0.5, 0.6) is 5.75 Å². The predicted octanol–water partition coefficient (Wildman–Crippen LogP) is 3.54. The van der Waals surface area contributed by atoms with Crippen LogP contribution < -0.4 is 10.1 Å². The Labute approximate surface area is 121 Å². The van der Waals surface area contributed by atoms with Crippen molar-refractivity contribution in [1.29, 1.82) is 0 Å². The van der Waals surface area contributed by atoms with Gasteiger partial charge < -0.3 is 10.1 Å². The monoisotopic (exact) mass is 270 g/mol. The van der Waals surface area contributed by atoms with Gasteiger partial charge in [-0.05, 0) is 43.8 Å². The molecule has 0 saturated heterocycles. The summed E-state index contributed by atoms with van der Waals surface area (Å²) in [5.41, 5.74) is 2.34. The van der Waals surface area contributed by atoms with E-state index in [4.69, 9.17) is 4.74 Å². The van der Waals surface area contributed by atoms with Crippen LogP contribution in [0.4, 0.5) is 0 Å². The molecule has 0 aliphatic rings. The summed E-state index contributed by atoms with van der Waals surface area (Å²) >= 11 is 0. The van der Waals surface area contributed by atoms with Crippen molar-refractivity contribution in [2.75, 3.05) is 13.7 Å². The van der Waals surface area contributed by atoms with Crippen LogP contribution in [-0.2, 0) is 0 Å². The third-order valence-electron chi connectivity index (χ3n) is 3.52. The quantitative estimate of drug-likeness (QED) is 0.871. The molecule has 106 valence electrons. The molecule has 0 aliphatic carbocycles. The van der Waals surface area contributed by atoms with Crippen molar-refractivity contribution < 1.29 is 4.74 Å². The first-order valence-corrected chi connectivity index (χ1v) is 7.07. The molecule has 1 aromatic carbocycles. The molecule has 1 N–H and O–H groups in total. The Kier molecular flexibility index (Phi) is 5.13. The summed E-state index contributed by atoms with van der Waals surface area (Å²) < 4.78 is 5.49. The standard InChI is InChI=1S/C17H22N2O/c1-4-20-15-10-8-14(9-11-15)17(18-3)13(2)16-7-5-6-12-19-16/h5-13,17-18H,4H2,1-3H3. The zero-order chi connectivity index (χ0) is 14.4. The molecule has 0 fully saturated rings. The van der Waals surface area contributed by atoms with Crippen LogP contribution in [0.3, 0.4) is 0 Å². The molecule has 3 nitrogen and oxygen atoms in total. The molecule has 0 bridgehead atoms. The van der Waals surface area contributed by atoms with E-state index in [1.165, 1.54) is 5.56 Å². The lowest BCUT2D eigenvalue weighted by atomic mass is 9.91. The third kappa shape index (κ3) is 3.36. The Balaban J connectivity index is 2.19. The predicted molar refractivity (Wildman–Crippen MR) is 82.1 cm³/mol. The molecule has 2 unspecified atom stereocenters. The van der Waals surface area contributed by atoms with E-state index in [0.29, 0.717) is 12.5 Å². The number of likely N-dealkylation sites (N-methyl/N-ethyl adjacent to an activating group) is 1. The Bertz CT molecular complexity index is 510. The van der Waals surface area contributed by atoms with Crippen LogP contribution in [0.25, 0.3) is 0 Å². The first-order chi connectivity index (χ1) is 9.76. The topological polar surface area (TPSA) is 34.1 Å². The second-order valence-corrected chi connectivity index (χ2v) is 4.81. The number of hydrogen-bond acceptors (Lipinski definition) is 3. The molecular weight excluding hydrogens is 248 g/mol. The van der Waals surface area contributed by atoms with Gasteiger partial charge in [0, 0.05) is 23.9 Å². The number of nitrogens with zero attached hydrogens (tertiary/aromatic N) is 1. The number of rotatable bonds is 6. The van der Waals surface area contributed by atoms with E-state index in [9.17, 15) is 0 Å². The molecule has 20 heavy (non-hydrogen) atoms. The summed E-state index contributed by atoms with van der Waals surface area (Å²) in [6.45, 7) is 4.88. The van der Waals surface area contributed by atoms with Gasteiger partial charge >= 0.3 is 0 Å². The molecule has 0 spiro atoms. The minimum Gasteiger partial charge on any atom is -0.494 e. The van der Waals surface area contributed by atoms with Gasteiger partial charge in [0.2, 0.25) is 0 Å². The maximum absolute atomic E-state index is 5.49. The first kappa shape index (κ1) is 14.5. The van der Waals surface area contributed by atoms with Crippen molar-refractivity contribution in [3.8, 4) is 5.75 Å². The Morgan fingerprint density at radius 1 is 1.15 bits per heavy atom. The maximum Gasteiger partial charge on any atom is 0.119 e. The average Bonchev–Trinajstić information content (AvgIpc) is 2.51. The Hall–Kier alpha value is -1.87. The van der Waals surface area contributed by atoms with Crippen molar-refractivity contribution in [2.45, 2.75) is 25.8 Å². The Morgan fingerprint density at radius 2 is 1.90 bits per heavy atom. The van der Waals surface area contributed by atoms with Crippen LogP contribution in [0.15, 0.2) is 48.7 Å². The lowest BCUT2D eigenvalue weighted by Gasteiger charge is -2.24. The van der Waals surface area contributed by atoms with Crippen molar-refractivity contribution in [3.05, 3.63) is 59.9 Å². The summed E-state index contributed by atoms with van der Waals surface area (Å²) in [6.07, 6.45) is 1.84. The highest BCUT2D eigenvalue weighted by molar-refractivity contribution is 5.31. The lowest BCUT2D eigenvalue weighted by molar-refractivity contribution is 0.340. The smallest absolute Gasteiger partial charge is 0.119 e. The molecule has 0 amide bonds. The van der Waals surface area contributed by atoms with Crippen LogP contribution in [-0.4, -0.2) is 18.6 Å². The van der Waals surface area contributed by atoms with Crippen molar-refractivity contribution >= 4 is 0 Å². The van der Waals surface area contributed by atoms with Crippen molar-refractivity contribution in [3.63, 3.8) is 0 Å². The Morgan fingerprint density at radius 3 is 2.45 bits per heavy atom. The molecule has 2 aromatic rings. The normalized spacial score (nSPS) is 13.8. The minimum absolute atomic E-state index is 0.237. The van der Waals surface area contributed by atoms with Gasteiger partial charge in [-0.3, -0.25) is 4.98 Å². The molecular formula is C17H22N2O. The third-order valence-corrected chi connectivity index (χ3v) is 3.52. The fourth-order valence-electron chi connectivity index (χ4n) is 2.46. The fraction of sp³-hybridized carbons (Fsp3) is 0.353. The molecule has 0 radical (unpaired) electrons. The number of benzene rings is 1. The van der Waals surface area contributed by atoms with Gasteiger partial charge in [-0.1, -0.05) is 25.1 Å². The first-order valence-electron chi connectivity index (χ1n) is 7.07. The fourth-order valence-corrected chi connectivity index (χ4v) is 2.46. The molecule has 1 heterocycles. The minimum atomic E-state index is 0.237. The highest BCUT2D eigenvalue weighted by Gasteiger charge is 2.20. The number of aromatic nitrogens is 1. The van der Waals surface area contributed by atoms with E-state index in [1.54, 1.807) is 0 Å². The van der Waals surface area contributed by atoms with Crippen LogP contribution >= 0.6 is 0 Å². The number of ether oxygens (including phenoxy) is 1. The van der Waals surface area contributed by atoms with Gasteiger partial charge in [0.15, 0.2) is 0 Å². The molecule has 0 saturated carbocycles. The number of nitrogens with one attached hydrogen (secondary N) is 1. The lowest BCUT2D eigenvalue weighted by Crippen LogP contribution is -2.22. The van der Waals surface area contributed by atoms with E-state index in [1.807, 2.05) is 44.4 Å². The van der Waals surface area contributed by atoms with Gasteiger partial charge in [-0.25, -0.2) is 0 Å². The summed E-state index contributed by atoms with van der Waals surface area (Å²) in [6, 6.07) is 14.6. The van der Waals surface area contributed by atoms with Gasteiger partial charge in [-0.15, -0.1) is 0 Å². The van der Waals surface area contributed by atoms with Gasteiger partial charge in [0.05, 0.1) is 6.61 Å². The number of pyridine rings is 1. The van der Waals surface area contributed by atoms with Crippen LogP contribution in [0.1, 0.15) is 37.1 Å². The van der Waals surface area contributed by atoms with Crippen molar-refractivity contribution in [2.24, 2.45) is 0 Å². The largest absolute Gasteiger partial charge is 0.494 e. The zero-order valence-electron chi connectivity index (χ0n) is 12.3. The highest BCUT2D eigenvalue weighted by atomic mass is 16.5. The van der Waals surface area contributed by atoms with E-state index < -0.39 is 0 Å². The summed E-state index contributed by atoms with van der Waals surface area (Å²) in [4.78, 5) is 4.46. The zero-order valence-corrected chi connectivity index (χ0v) is 12.3. The van der Waals surface area contributed by atoms with Gasteiger partial charge in [-0.2, -0.15) is 0 Å². The molecule has 0 aliphatic heterocycles. The second kappa shape index (κ2) is 7.06. The van der Waals surface area contributed by atoms with E-state index in [0.717, 1.165) is 11.4 Å².